The quantitative estimate of drug-likeness (QED) is 0.883. The van der Waals surface area contributed by atoms with E-state index in [1.54, 1.807) is 12.1 Å². The molecule has 5 nitrogen and oxygen atoms in total. The van der Waals surface area contributed by atoms with Crippen molar-refractivity contribution in [3.8, 4) is 0 Å². The predicted molar refractivity (Wildman–Crippen MR) is 98.0 cm³/mol. The first-order chi connectivity index (χ1) is 11.6. The second-order valence-electron chi connectivity index (χ2n) is 5.83. The van der Waals surface area contributed by atoms with Gasteiger partial charge in [0.1, 0.15) is 0 Å². The zero-order valence-corrected chi connectivity index (χ0v) is 14.7. The van der Waals surface area contributed by atoms with Crippen molar-refractivity contribution in [3.63, 3.8) is 0 Å². The third-order valence-electron chi connectivity index (χ3n) is 4.08. The minimum Gasteiger partial charge on any atom is -0.351 e. The maximum absolute atomic E-state index is 12.0. The molecule has 0 aromatic heterocycles. The van der Waals surface area contributed by atoms with Crippen molar-refractivity contribution in [3.05, 3.63) is 34.9 Å². The van der Waals surface area contributed by atoms with Gasteiger partial charge in [0.25, 0.3) is 0 Å². The second-order valence-corrected chi connectivity index (χ2v) is 7.26. The van der Waals surface area contributed by atoms with Gasteiger partial charge in [0.2, 0.25) is 5.91 Å². The second kappa shape index (κ2) is 7.94. The van der Waals surface area contributed by atoms with Crippen molar-refractivity contribution in [2.45, 2.75) is 32.2 Å². The molecule has 3 amide bonds. The summed E-state index contributed by atoms with van der Waals surface area (Å²) in [5, 5.41) is 4.28. The Labute approximate surface area is 150 Å². The number of carbonyl (C=O) groups excluding carboxylic acids is 2. The monoisotopic (exact) mass is 363 g/mol. The number of thioether (sulfide) groups is 1. The van der Waals surface area contributed by atoms with Crippen molar-refractivity contribution in [2.75, 3.05) is 5.75 Å². The molecule has 3 rings (SSSR count). The van der Waals surface area contributed by atoms with Gasteiger partial charge in [-0.05, 0) is 37.0 Å². The first-order valence-electron chi connectivity index (χ1n) is 7.96. The highest BCUT2D eigenvalue weighted by Crippen LogP contribution is 2.30. The van der Waals surface area contributed by atoms with E-state index in [2.05, 4.69) is 15.3 Å². The standard InChI is InChI=1S/C17H18ClN3O2S/c18-12-7-5-11(6-8-12)9-19-15(22)10-24-16-13-3-1-2-4-14(13)20-17(23)21-16/h5-8,13H,1-4,9-10H2,(H,19,22). The summed E-state index contributed by atoms with van der Waals surface area (Å²) in [6, 6.07) is 6.91. The summed E-state index contributed by atoms with van der Waals surface area (Å²) in [7, 11) is 0. The maximum atomic E-state index is 12.0. The Bertz CT molecular complexity index is 700. The Balaban J connectivity index is 1.50. The molecule has 1 aliphatic carbocycles. The number of nitrogens with one attached hydrogen (secondary N) is 1. The predicted octanol–water partition coefficient (Wildman–Crippen LogP) is 3.85. The van der Waals surface area contributed by atoms with Crippen LogP contribution in [0.1, 0.15) is 31.2 Å². The summed E-state index contributed by atoms with van der Waals surface area (Å²) in [6.07, 6.45) is 4.01. The van der Waals surface area contributed by atoms with E-state index in [9.17, 15) is 9.59 Å². The molecule has 1 aromatic carbocycles. The van der Waals surface area contributed by atoms with E-state index in [1.165, 1.54) is 11.8 Å². The van der Waals surface area contributed by atoms with Gasteiger partial charge >= 0.3 is 6.03 Å². The fraction of sp³-hybridized carbons (Fsp3) is 0.412. The largest absolute Gasteiger partial charge is 0.367 e. The van der Waals surface area contributed by atoms with Gasteiger partial charge in [-0.15, -0.1) is 11.8 Å². The smallest absolute Gasteiger partial charge is 0.351 e. The Morgan fingerprint density at radius 3 is 2.83 bits per heavy atom. The molecule has 0 bridgehead atoms. The lowest BCUT2D eigenvalue weighted by atomic mass is 9.87. The Morgan fingerprint density at radius 1 is 1.25 bits per heavy atom. The lowest BCUT2D eigenvalue weighted by Crippen LogP contribution is -2.32. The molecular formula is C17H18ClN3O2S. The van der Waals surface area contributed by atoms with E-state index in [0.717, 1.165) is 42.0 Å². The number of hydrogen-bond donors (Lipinski definition) is 1. The third-order valence-corrected chi connectivity index (χ3v) is 5.41. The molecule has 1 aromatic rings. The summed E-state index contributed by atoms with van der Waals surface area (Å²) in [6.45, 7) is 0.456. The number of urea groups is 1. The van der Waals surface area contributed by atoms with Gasteiger partial charge in [0.05, 0.1) is 10.8 Å². The van der Waals surface area contributed by atoms with Crippen LogP contribution < -0.4 is 5.32 Å². The molecule has 0 saturated heterocycles. The highest BCUT2D eigenvalue weighted by Gasteiger charge is 2.30. The number of aliphatic imine (C=N–C) groups is 2. The van der Waals surface area contributed by atoms with Gasteiger partial charge in [0.15, 0.2) is 0 Å². The molecule has 126 valence electrons. The minimum absolute atomic E-state index is 0.0787. The van der Waals surface area contributed by atoms with Crippen molar-refractivity contribution in [1.82, 2.24) is 5.32 Å². The Hall–Kier alpha value is -1.66. The van der Waals surface area contributed by atoms with Crippen LogP contribution in [0, 0.1) is 5.92 Å². The number of rotatable bonds is 4. The molecule has 1 fully saturated rings. The molecule has 2 aliphatic rings. The van der Waals surface area contributed by atoms with Gasteiger partial charge < -0.3 is 5.32 Å². The Kier molecular flexibility index (Phi) is 5.68. The first-order valence-corrected chi connectivity index (χ1v) is 9.32. The van der Waals surface area contributed by atoms with Crippen molar-refractivity contribution in [2.24, 2.45) is 15.9 Å². The van der Waals surface area contributed by atoms with E-state index in [4.69, 9.17) is 11.6 Å². The highest BCUT2D eigenvalue weighted by atomic mass is 35.5. The zero-order valence-electron chi connectivity index (χ0n) is 13.1. The van der Waals surface area contributed by atoms with Crippen LogP contribution in [0.3, 0.4) is 0 Å². The van der Waals surface area contributed by atoms with Crippen molar-refractivity contribution >= 4 is 46.1 Å². The molecular weight excluding hydrogens is 346 g/mol. The minimum atomic E-state index is -0.438. The number of hydrogen-bond acceptors (Lipinski definition) is 3. The Morgan fingerprint density at radius 2 is 2.04 bits per heavy atom. The third kappa shape index (κ3) is 4.45. The van der Waals surface area contributed by atoms with Gasteiger partial charge in [-0.1, -0.05) is 30.2 Å². The normalized spacial score (nSPS) is 20.0. The molecule has 1 saturated carbocycles. The number of benzene rings is 1. The average Bonchev–Trinajstić information content (AvgIpc) is 2.59. The number of nitrogens with zero attached hydrogens (tertiary/aromatic N) is 2. The van der Waals surface area contributed by atoms with Crippen LogP contribution in [0.4, 0.5) is 4.79 Å². The molecule has 1 aliphatic heterocycles. The van der Waals surface area contributed by atoms with E-state index in [0.29, 0.717) is 11.6 Å². The lowest BCUT2D eigenvalue weighted by Gasteiger charge is -2.26. The van der Waals surface area contributed by atoms with E-state index in [1.807, 2.05) is 12.1 Å². The molecule has 7 heteroatoms. The fourth-order valence-corrected chi connectivity index (χ4v) is 3.95. The van der Waals surface area contributed by atoms with E-state index >= 15 is 0 Å². The van der Waals surface area contributed by atoms with Crippen LogP contribution in [0.25, 0.3) is 0 Å². The topological polar surface area (TPSA) is 70.9 Å². The number of carbonyl (C=O) groups is 2. The molecule has 1 heterocycles. The fourth-order valence-electron chi connectivity index (χ4n) is 2.84. The van der Waals surface area contributed by atoms with Crippen LogP contribution in [0.15, 0.2) is 34.3 Å². The first kappa shape index (κ1) is 17.2. The molecule has 24 heavy (non-hydrogen) atoms. The SMILES string of the molecule is O=C1N=C2CCCCC2C(SCC(=O)NCc2ccc(Cl)cc2)=N1. The number of halogens is 1. The molecule has 1 unspecified atom stereocenters. The van der Waals surface area contributed by atoms with Gasteiger partial charge in [-0.25, -0.2) is 9.79 Å². The van der Waals surface area contributed by atoms with Crippen molar-refractivity contribution < 1.29 is 9.59 Å². The van der Waals surface area contributed by atoms with Gasteiger partial charge in [-0.3, -0.25) is 4.79 Å². The summed E-state index contributed by atoms with van der Waals surface area (Å²) in [4.78, 5) is 31.7. The summed E-state index contributed by atoms with van der Waals surface area (Å²) < 4.78 is 0. The molecule has 1 atom stereocenters. The van der Waals surface area contributed by atoms with E-state index < -0.39 is 6.03 Å². The highest BCUT2D eigenvalue weighted by molar-refractivity contribution is 8.14. The number of fused-ring (bicyclic) bond motifs is 1. The molecule has 1 N–H and O–H groups in total. The van der Waals surface area contributed by atoms with Crippen LogP contribution in [-0.4, -0.2) is 28.4 Å². The van der Waals surface area contributed by atoms with Crippen LogP contribution in [0.2, 0.25) is 5.02 Å². The van der Waals surface area contributed by atoms with E-state index in [-0.39, 0.29) is 17.6 Å². The van der Waals surface area contributed by atoms with Gasteiger partial charge in [0, 0.05) is 23.2 Å². The summed E-state index contributed by atoms with van der Waals surface area (Å²) >= 11 is 7.18. The van der Waals surface area contributed by atoms with Crippen molar-refractivity contribution in [1.29, 1.82) is 0 Å². The summed E-state index contributed by atoms with van der Waals surface area (Å²) in [5.74, 6) is 0.305. The van der Waals surface area contributed by atoms with Crippen LogP contribution in [-0.2, 0) is 11.3 Å². The molecule has 0 spiro atoms. The average molecular weight is 364 g/mol. The summed E-state index contributed by atoms with van der Waals surface area (Å²) in [5.41, 5.74) is 1.93. The van der Waals surface area contributed by atoms with Crippen LogP contribution in [0.5, 0.6) is 0 Å². The lowest BCUT2D eigenvalue weighted by molar-refractivity contribution is -0.118. The maximum Gasteiger partial charge on any atom is 0.367 e. The van der Waals surface area contributed by atoms with Crippen LogP contribution >= 0.6 is 23.4 Å². The number of amides is 3. The molecule has 0 radical (unpaired) electrons. The van der Waals surface area contributed by atoms with Gasteiger partial charge in [-0.2, -0.15) is 4.99 Å². The zero-order chi connectivity index (χ0) is 16.9.